The van der Waals surface area contributed by atoms with Crippen LogP contribution in [0.3, 0.4) is 0 Å². The van der Waals surface area contributed by atoms with Crippen LogP contribution in [0.4, 0.5) is 5.69 Å². The predicted molar refractivity (Wildman–Crippen MR) is 97.1 cm³/mol. The molecule has 0 radical (unpaired) electrons. The molecule has 140 valence electrons. The number of methoxy groups -OCH3 is 1. The molecule has 2 aromatic rings. The summed E-state index contributed by atoms with van der Waals surface area (Å²) in [5.41, 5.74) is 1.22. The van der Waals surface area contributed by atoms with Crippen LogP contribution in [-0.2, 0) is 19.6 Å². The van der Waals surface area contributed by atoms with E-state index < -0.39 is 10.1 Å². The number of ether oxygens (including phenoxy) is 2. The van der Waals surface area contributed by atoms with E-state index in [-0.39, 0.29) is 16.6 Å². The summed E-state index contributed by atoms with van der Waals surface area (Å²) in [4.78, 5) is 11.0. The van der Waals surface area contributed by atoms with E-state index in [1.54, 1.807) is 32.2 Å². The van der Waals surface area contributed by atoms with Crippen LogP contribution >= 0.6 is 0 Å². The Balaban J connectivity index is 2.11. The monoisotopic (exact) mass is 379 g/mol. The summed E-state index contributed by atoms with van der Waals surface area (Å²) in [6.07, 6.45) is 0. The van der Waals surface area contributed by atoms with Crippen molar-refractivity contribution in [3.63, 3.8) is 0 Å². The van der Waals surface area contributed by atoms with Gasteiger partial charge in [0.25, 0.3) is 0 Å². The van der Waals surface area contributed by atoms with Crippen molar-refractivity contribution in [1.82, 2.24) is 0 Å². The minimum Gasteiger partial charge on any atom is -0.491 e. The Morgan fingerprint density at radius 2 is 1.77 bits per heavy atom. The molecule has 0 spiro atoms. The van der Waals surface area contributed by atoms with Gasteiger partial charge in [-0.15, -0.1) is 0 Å². The number of rotatable bonds is 8. The maximum atomic E-state index is 12.4. The lowest BCUT2D eigenvalue weighted by atomic mass is 10.2. The third kappa shape index (κ3) is 5.47. The molecule has 0 saturated heterocycles. The Kier molecular flexibility index (Phi) is 6.59. The highest BCUT2D eigenvalue weighted by Crippen LogP contribution is 2.25. The second-order valence-corrected chi connectivity index (χ2v) is 7.06. The molecule has 0 atom stereocenters. The normalized spacial score (nSPS) is 11.0. The summed E-state index contributed by atoms with van der Waals surface area (Å²) >= 11 is 0. The molecule has 2 aromatic carbocycles. The number of amides is 1. The van der Waals surface area contributed by atoms with Gasteiger partial charge in [0.05, 0.1) is 6.61 Å². The van der Waals surface area contributed by atoms with E-state index in [4.69, 9.17) is 13.7 Å². The van der Waals surface area contributed by atoms with Gasteiger partial charge in [-0.1, -0.05) is 0 Å². The number of nitrogens with one attached hydrogen (secondary N) is 1. The number of anilines is 1. The summed E-state index contributed by atoms with van der Waals surface area (Å²) in [5.74, 6) is 0.521. The van der Waals surface area contributed by atoms with Gasteiger partial charge in [-0.3, -0.25) is 4.79 Å². The highest BCUT2D eigenvalue weighted by Gasteiger charge is 2.18. The first-order valence-electron chi connectivity index (χ1n) is 7.86. The summed E-state index contributed by atoms with van der Waals surface area (Å²) in [6, 6.07) is 10.6. The fourth-order valence-corrected chi connectivity index (χ4v) is 3.16. The maximum absolute atomic E-state index is 12.4. The topological polar surface area (TPSA) is 90.9 Å². The van der Waals surface area contributed by atoms with Crippen LogP contribution < -0.4 is 14.2 Å². The van der Waals surface area contributed by atoms with Crippen LogP contribution in [0, 0.1) is 6.92 Å². The second kappa shape index (κ2) is 8.68. The third-order valence-electron chi connectivity index (χ3n) is 3.36. The van der Waals surface area contributed by atoms with Crippen molar-refractivity contribution < 1.29 is 26.9 Å². The van der Waals surface area contributed by atoms with Crippen molar-refractivity contribution >= 4 is 21.7 Å². The Morgan fingerprint density at radius 1 is 1.08 bits per heavy atom. The molecule has 0 saturated carbocycles. The molecular formula is C18H21NO6S. The SMILES string of the molecule is COCCOc1ccc(S(=O)(=O)Oc2ccc(NC(C)=O)cc2)cc1C. The lowest BCUT2D eigenvalue weighted by Crippen LogP contribution is -2.11. The van der Waals surface area contributed by atoms with Gasteiger partial charge in [-0.2, -0.15) is 8.42 Å². The van der Waals surface area contributed by atoms with Crippen molar-refractivity contribution in [3.8, 4) is 11.5 Å². The van der Waals surface area contributed by atoms with Crippen LogP contribution in [-0.4, -0.2) is 34.6 Å². The Morgan fingerprint density at radius 3 is 2.35 bits per heavy atom. The molecule has 2 rings (SSSR count). The molecule has 1 N–H and O–H groups in total. The zero-order valence-corrected chi connectivity index (χ0v) is 15.6. The molecule has 0 bridgehead atoms. The van der Waals surface area contributed by atoms with E-state index in [1.807, 2.05) is 0 Å². The van der Waals surface area contributed by atoms with Gasteiger partial charge < -0.3 is 19.0 Å². The van der Waals surface area contributed by atoms with E-state index in [1.165, 1.54) is 31.2 Å². The molecule has 8 heteroatoms. The van der Waals surface area contributed by atoms with Crippen LogP contribution in [0.15, 0.2) is 47.4 Å². The van der Waals surface area contributed by atoms with Crippen molar-refractivity contribution in [2.45, 2.75) is 18.7 Å². The first-order chi connectivity index (χ1) is 12.3. The molecule has 0 aliphatic carbocycles. The summed E-state index contributed by atoms with van der Waals surface area (Å²) in [5, 5.41) is 2.59. The molecule has 7 nitrogen and oxygen atoms in total. The molecule has 0 fully saturated rings. The molecule has 0 aliphatic heterocycles. The Hall–Kier alpha value is -2.58. The first-order valence-corrected chi connectivity index (χ1v) is 9.27. The zero-order chi connectivity index (χ0) is 19.2. The molecule has 0 aromatic heterocycles. The number of hydrogen-bond donors (Lipinski definition) is 1. The van der Waals surface area contributed by atoms with Gasteiger partial charge >= 0.3 is 10.1 Å². The number of carbonyl (C=O) groups is 1. The van der Waals surface area contributed by atoms with Gasteiger partial charge in [0.1, 0.15) is 23.0 Å². The van der Waals surface area contributed by atoms with E-state index in [0.717, 1.165) is 0 Å². The van der Waals surface area contributed by atoms with Gasteiger partial charge in [0, 0.05) is 19.7 Å². The number of carbonyl (C=O) groups excluding carboxylic acids is 1. The maximum Gasteiger partial charge on any atom is 0.339 e. The van der Waals surface area contributed by atoms with Crippen LogP contribution in [0.1, 0.15) is 12.5 Å². The number of aryl methyl sites for hydroxylation is 1. The summed E-state index contributed by atoms with van der Waals surface area (Å²) in [6.45, 7) is 3.96. The summed E-state index contributed by atoms with van der Waals surface area (Å²) < 4.78 is 40.4. The minimum atomic E-state index is -3.98. The quantitative estimate of drug-likeness (QED) is 0.560. The predicted octanol–water partition coefficient (Wildman–Crippen LogP) is 2.75. The second-order valence-electron chi connectivity index (χ2n) is 5.51. The van der Waals surface area contributed by atoms with Crippen LogP contribution in [0.5, 0.6) is 11.5 Å². The van der Waals surface area contributed by atoms with E-state index >= 15 is 0 Å². The first kappa shape index (κ1) is 19.7. The molecule has 0 heterocycles. The van der Waals surface area contributed by atoms with Gasteiger partial charge in [-0.05, 0) is 55.0 Å². The molecular weight excluding hydrogens is 358 g/mol. The highest BCUT2D eigenvalue weighted by atomic mass is 32.2. The van der Waals surface area contributed by atoms with Crippen molar-refractivity contribution in [3.05, 3.63) is 48.0 Å². The lowest BCUT2D eigenvalue weighted by molar-refractivity contribution is -0.114. The average molecular weight is 379 g/mol. The van der Waals surface area contributed by atoms with Crippen LogP contribution in [0.2, 0.25) is 0 Å². The highest BCUT2D eigenvalue weighted by molar-refractivity contribution is 7.87. The molecule has 1 amide bonds. The zero-order valence-electron chi connectivity index (χ0n) is 14.8. The van der Waals surface area contributed by atoms with E-state index in [9.17, 15) is 13.2 Å². The van der Waals surface area contributed by atoms with Gasteiger partial charge in [0.2, 0.25) is 5.91 Å². The average Bonchev–Trinajstić information content (AvgIpc) is 2.57. The standard InChI is InChI=1S/C18H21NO6S/c1-13-12-17(8-9-18(13)24-11-10-23-3)26(21,22)25-16-6-4-15(5-7-16)19-14(2)20/h4-9,12H,10-11H2,1-3H3,(H,19,20). The molecule has 26 heavy (non-hydrogen) atoms. The van der Waals surface area contributed by atoms with Crippen molar-refractivity contribution in [2.75, 3.05) is 25.6 Å². The van der Waals surface area contributed by atoms with E-state index in [2.05, 4.69) is 5.32 Å². The van der Waals surface area contributed by atoms with Crippen LogP contribution in [0.25, 0.3) is 0 Å². The Bertz CT molecular complexity index is 862. The Labute approximate surface area is 153 Å². The fourth-order valence-electron chi connectivity index (χ4n) is 2.15. The van der Waals surface area contributed by atoms with Gasteiger partial charge in [0.15, 0.2) is 0 Å². The fraction of sp³-hybridized carbons (Fsp3) is 0.278. The minimum absolute atomic E-state index is 0.0278. The molecule has 0 aliphatic rings. The third-order valence-corrected chi connectivity index (χ3v) is 4.60. The van der Waals surface area contributed by atoms with Crippen molar-refractivity contribution in [1.29, 1.82) is 0 Å². The van der Waals surface area contributed by atoms with E-state index in [0.29, 0.717) is 30.2 Å². The smallest absolute Gasteiger partial charge is 0.339 e. The number of benzene rings is 2. The lowest BCUT2D eigenvalue weighted by Gasteiger charge is -2.12. The largest absolute Gasteiger partial charge is 0.491 e. The van der Waals surface area contributed by atoms with Gasteiger partial charge in [-0.25, -0.2) is 0 Å². The molecule has 0 unspecified atom stereocenters. The number of hydrogen-bond acceptors (Lipinski definition) is 6. The van der Waals surface area contributed by atoms with Crippen molar-refractivity contribution in [2.24, 2.45) is 0 Å². The summed E-state index contributed by atoms with van der Waals surface area (Å²) in [7, 11) is -2.41.